The molecular weight excluding hydrogens is 659 g/mol. The number of nitrogens with one attached hydrogen (secondary N) is 3. The Balaban J connectivity index is 1.80. The third-order valence-corrected chi connectivity index (χ3v) is 10.5. The van der Waals surface area contributed by atoms with Gasteiger partial charge in [-0.05, 0) is 49.6 Å². The highest BCUT2D eigenvalue weighted by molar-refractivity contribution is 7.09. The SMILES string of the molecule is CCC(C)C(NC(=O)[C@H]1CCCCN1)C(=O)N(C)C(CC(OC(C)=O)c1nc(C(=O)NC(Cc2ccccc2)CC(C)C(=O)O)cs1)C(C)C. The number of aliphatic carboxylic acids is 1. The summed E-state index contributed by atoms with van der Waals surface area (Å²) in [7, 11) is 1.71. The zero-order valence-corrected chi connectivity index (χ0v) is 31.3. The highest BCUT2D eigenvalue weighted by atomic mass is 32.1. The normalized spacial score (nSPS) is 18.2. The first-order valence-corrected chi connectivity index (χ1v) is 18.6. The predicted octanol–water partition coefficient (Wildman–Crippen LogP) is 4.75. The molecule has 7 atom stereocenters. The van der Waals surface area contributed by atoms with Gasteiger partial charge in [0.25, 0.3) is 5.91 Å². The van der Waals surface area contributed by atoms with Gasteiger partial charge in [0.15, 0.2) is 6.10 Å². The number of hydrogen-bond donors (Lipinski definition) is 4. The number of esters is 1. The van der Waals surface area contributed by atoms with Crippen LogP contribution in [0.1, 0.15) is 107 Å². The van der Waals surface area contributed by atoms with Crippen LogP contribution >= 0.6 is 11.3 Å². The molecule has 3 amide bonds. The molecule has 2 aromatic rings. The van der Waals surface area contributed by atoms with Crippen LogP contribution in [0.2, 0.25) is 0 Å². The van der Waals surface area contributed by atoms with E-state index < -0.39 is 48.0 Å². The van der Waals surface area contributed by atoms with Crippen LogP contribution < -0.4 is 16.0 Å². The van der Waals surface area contributed by atoms with Gasteiger partial charge in [-0.2, -0.15) is 0 Å². The number of ether oxygens (including phenoxy) is 1. The number of carboxylic acids is 1. The van der Waals surface area contributed by atoms with Crippen molar-refractivity contribution in [2.45, 2.75) is 117 Å². The molecule has 1 fully saturated rings. The summed E-state index contributed by atoms with van der Waals surface area (Å²) >= 11 is 1.18. The highest BCUT2D eigenvalue weighted by Gasteiger charge is 2.36. The van der Waals surface area contributed by atoms with Crippen molar-refractivity contribution in [2.24, 2.45) is 17.8 Å². The summed E-state index contributed by atoms with van der Waals surface area (Å²) in [5.41, 5.74) is 1.09. The largest absolute Gasteiger partial charge is 0.481 e. The lowest BCUT2D eigenvalue weighted by molar-refractivity contribution is -0.149. The molecule has 1 aliphatic heterocycles. The van der Waals surface area contributed by atoms with Gasteiger partial charge in [-0.1, -0.05) is 77.8 Å². The molecule has 1 aromatic heterocycles. The van der Waals surface area contributed by atoms with Gasteiger partial charge in [-0.25, -0.2) is 4.98 Å². The molecule has 12 nitrogen and oxygen atoms in total. The number of nitrogens with zero attached hydrogens (tertiary/aromatic N) is 2. The van der Waals surface area contributed by atoms with Crippen molar-refractivity contribution >= 4 is 41.0 Å². The molecule has 1 saturated heterocycles. The Morgan fingerprint density at radius 3 is 2.34 bits per heavy atom. The Morgan fingerprint density at radius 2 is 1.76 bits per heavy atom. The van der Waals surface area contributed by atoms with Crippen LogP contribution in [0.5, 0.6) is 0 Å². The summed E-state index contributed by atoms with van der Waals surface area (Å²) in [6, 6.07) is 7.63. The van der Waals surface area contributed by atoms with E-state index in [2.05, 4.69) is 20.9 Å². The van der Waals surface area contributed by atoms with Gasteiger partial charge >= 0.3 is 11.9 Å². The molecule has 2 heterocycles. The van der Waals surface area contributed by atoms with Crippen molar-refractivity contribution in [2.75, 3.05) is 13.6 Å². The van der Waals surface area contributed by atoms with Crippen molar-refractivity contribution in [3.05, 3.63) is 52.0 Å². The molecule has 6 unspecified atom stereocenters. The van der Waals surface area contributed by atoms with Gasteiger partial charge in [0.2, 0.25) is 11.8 Å². The molecule has 1 aromatic carbocycles. The maximum atomic E-state index is 14.1. The van der Waals surface area contributed by atoms with Crippen molar-refractivity contribution < 1.29 is 33.8 Å². The lowest BCUT2D eigenvalue weighted by Crippen LogP contribution is -2.57. The predicted molar refractivity (Wildman–Crippen MR) is 192 cm³/mol. The third kappa shape index (κ3) is 11.9. The second kappa shape index (κ2) is 19.5. The summed E-state index contributed by atoms with van der Waals surface area (Å²) in [6.45, 7) is 11.6. The number of carbonyl (C=O) groups excluding carboxylic acids is 4. The fourth-order valence-electron chi connectivity index (χ4n) is 6.31. The zero-order chi connectivity index (χ0) is 37.0. The number of likely N-dealkylation sites (N-methyl/N-ethyl adjacent to an activating group) is 1. The molecule has 0 spiro atoms. The molecule has 0 bridgehead atoms. The Kier molecular flexibility index (Phi) is 15.8. The number of hydrogen-bond acceptors (Lipinski definition) is 9. The van der Waals surface area contributed by atoms with Crippen LogP contribution in [0.25, 0.3) is 0 Å². The number of aromatic nitrogens is 1. The van der Waals surface area contributed by atoms with Gasteiger partial charge in [-0.15, -0.1) is 11.3 Å². The number of rotatable bonds is 18. The Labute approximate surface area is 300 Å². The summed E-state index contributed by atoms with van der Waals surface area (Å²) in [4.78, 5) is 70.8. The fourth-order valence-corrected chi connectivity index (χ4v) is 7.15. The maximum Gasteiger partial charge on any atom is 0.306 e. The monoisotopic (exact) mass is 713 g/mol. The smallest absolute Gasteiger partial charge is 0.306 e. The standard InChI is InChI=1S/C37H55N5O7S/c1-8-23(4)32(41-33(44)28-16-12-13-17-38-28)36(46)42(7)30(22(2)3)20-31(49-25(6)43)35-40-29(21-50-35)34(45)39-27(18-24(5)37(47)48)19-26-14-10-9-11-15-26/h9-11,14-15,21-24,27-28,30-32,38H,8,12-13,16-20H2,1-7H3,(H,39,45)(H,41,44)(H,47,48)/t23?,24?,27?,28-,30?,31?,32?/m1/s1. The lowest BCUT2D eigenvalue weighted by atomic mass is 9.92. The van der Waals surface area contributed by atoms with E-state index in [0.29, 0.717) is 17.8 Å². The third-order valence-electron chi connectivity index (χ3n) is 9.53. The Morgan fingerprint density at radius 1 is 1.06 bits per heavy atom. The second-order valence-electron chi connectivity index (χ2n) is 13.9. The van der Waals surface area contributed by atoms with E-state index in [1.165, 1.54) is 18.3 Å². The first-order chi connectivity index (χ1) is 23.7. The average molecular weight is 714 g/mol. The van der Waals surface area contributed by atoms with Crippen molar-refractivity contribution in [3.8, 4) is 0 Å². The first kappa shape index (κ1) is 40.6. The molecule has 50 heavy (non-hydrogen) atoms. The van der Waals surface area contributed by atoms with Crippen LogP contribution in [0.3, 0.4) is 0 Å². The molecule has 4 N–H and O–H groups in total. The molecule has 1 aliphatic rings. The fraction of sp³-hybridized carbons (Fsp3) is 0.622. The molecule has 3 rings (SSSR count). The van der Waals surface area contributed by atoms with E-state index in [1.54, 1.807) is 24.3 Å². The van der Waals surface area contributed by atoms with E-state index in [0.717, 1.165) is 31.4 Å². The summed E-state index contributed by atoms with van der Waals surface area (Å²) in [5, 5.41) is 20.8. The van der Waals surface area contributed by atoms with Crippen molar-refractivity contribution in [1.82, 2.24) is 25.8 Å². The minimum Gasteiger partial charge on any atom is -0.481 e. The molecule has 13 heteroatoms. The van der Waals surface area contributed by atoms with E-state index in [1.807, 2.05) is 58.0 Å². The van der Waals surface area contributed by atoms with Crippen LogP contribution in [0.4, 0.5) is 0 Å². The quantitative estimate of drug-likeness (QED) is 0.160. The summed E-state index contributed by atoms with van der Waals surface area (Å²) in [5.74, 6) is -3.15. The lowest BCUT2D eigenvalue weighted by Gasteiger charge is -2.37. The second-order valence-corrected chi connectivity index (χ2v) is 14.8. The van der Waals surface area contributed by atoms with Gasteiger partial charge in [0, 0.05) is 37.9 Å². The highest BCUT2D eigenvalue weighted by Crippen LogP contribution is 2.31. The number of benzene rings is 1. The van der Waals surface area contributed by atoms with Crippen LogP contribution in [0, 0.1) is 17.8 Å². The van der Waals surface area contributed by atoms with Gasteiger partial charge < -0.3 is 30.7 Å². The van der Waals surface area contributed by atoms with Crippen LogP contribution in [-0.4, -0.2) is 82.4 Å². The van der Waals surface area contributed by atoms with E-state index in [-0.39, 0.29) is 48.2 Å². The first-order valence-electron chi connectivity index (χ1n) is 17.7. The van der Waals surface area contributed by atoms with Crippen molar-refractivity contribution in [3.63, 3.8) is 0 Å². The zero-order valence-electron chi connectivity index (χ0n) is 30.4. The molecular formula is C37H55N5O7S. The molecule has 0 saturated carbocycles. The van der Waals surface area contributed by atoms with Gasteiger partial charge in [-0.3, -0.25) is 24.0 Å². The molecule has 0 radical (unpaired) electrons. The maximum absolute atomic E-state index is 14.1. The number of thiazole rings is 1. The topological polar surface area (TPSA) is 167 Å². The summed E-state index contributed by atoms with van der Waals surface area (Å²) < 4.78 is 5.75. The minimum absolute atomic E-state index is 0.0481. The van der Waals surface area contributed by atoms with Crippen molar-refractivity contribution in [1.29, 1.82) is 0 Å². The van der Waals surface area contributed by atoms with Gasteiger partial charge in [0.05, 0.1) is 12.0 Å². The molecule has 276 valence electrons. The number of piperidine rings is 1. The average Bonchev–Trinajstić information content (AvgIpc) is 3.59. The van der Waals surface area contributed by atoms with Crippen LogP contribution in [0.15, 0.2) is 35.7 Å². The van der Waals surface area contributed by atoms with Gasteiger partial charge in [0.1, 0.15) is 16.7 Å². The van der Waals surface area contributed by atoms with E-state index in [9.17, 15) is 29.1 Å². The number of carboxylic acid groups (broad SMARTS) is 1. The Hall–Kier alpha value is -3.84. The Bertz CT molecular complexity index is 1430. The summed E-state index contributed by atoms with van der Waals surface area (Å²) in [6.07, 6.45) is 3.46. The minimum atomic E-state index is -0.945. The number of carbonyl (C=O) groups is 5. The van der Waals surface area contributed by atoms with E-state index in [4.69, 9.17) is 4.74 Å². The number of amides is 3. The van der Waals surface area contributed by atoms with Crippen LogP contribution in [-0.2, 0) is 30.3 Å². The molecule has 0 aliphatic carbocycles. The van der Waals surface area contributed by atoms with E-state index >= 15 is 0 Å².